The van der Waals surface area contributed by atoms with E-state index < -0.39 is 27.7 Å². The molecule has 1 aromatic heterocycles. The third-order valence-electron chi connectivity index (χ3n) is 5.53. The zero-order valence-corrected chi connectivity index (χ0v) is 18.6. The maximum atomic E-state index is 13.2. The number of aryl methyl sites for hydroxylation is 1. The number of benzene rings is 1. The Morgan fingerprint density at radius 2 is 1.78 bits per heavy atom. The van der Waals surface area contributed by atoms with Gasteiger partial charge in [-0.2, -0.15) is 17.5 Å². The Balaban J connectivity index is 1.84. The Labute approximate surface area is 184 Å². The molecule has 32 heavy (non-hydrogen) atoms. The molecule has 0 aliphatic carbocycles. The molecule has 174 valence electrons. The number of hydrogen-bond acceptors (Lipinski definition) is 5. The second kappa shape index (κ2) is 8.70. The van der Waals surface area contributed by atoms with Gasteiger partial charge < -0.3 is 10.0 Å². The highest BCUT2D eigenvalue weighted by Gasteiger charge is 2.37. The van der Waals surface area contributed by atoms with E-state index in [0.29, 0.717) is 16.9 Å². The van der Waals surface area contributed by atoms with Gasteiger partial charge in [-0.3, -0.25) is 4.79 Å². The Hall–Kier alpha value is -2.66. The predicted molar refractivity (Wildman–Crippen MR) is 112 cm³/mol. The number of aromatic nitrogens is 1. The second-order valence-corrected chi connectivity index (χ2v) is 9.93. The van der Waals surface area contributed by atoms with Gasteiger partial charge in [0.05, 0.1) is 16.9 Å². The van der Waals surface area contributed by atoms with Crippen LogP contribution in [0.4, 0.5) is 19.0 Å². The zero-order valence-electron chi connectivity index (χ0n) is 17.8. The fourth-order valence-electron chi connectivity index (χ4n) is 3.94. The van der Waals surface area contributed by atoms with Crippen molar-refractivity contribution < 1.29 is 31.5 Å². The van der Waals surface area contributed by atoms with Gasteiger partial charge in [0.2, 0.25) is 10.0 Å². The molecule has 2 atom stereocenters. The van der Waals surface area contributed by atoms with E-state index in [1.165, 1.54) is 22.5 Å². The molecule has 1 aliphatic heterocycles. The Morgan fingerprint density at radius 3 is 2.28 bits per heavy atom. The minimum atomic E-state index is -4.48. The molecule has 1 aliphatic rings. The first-order chi connectivity index (χ1) is 14.8. The number of carboxylic acid groups (broad SMARTS) is 1. The van der Waals surface area contributed by atoms with Crippen LogP contribution in [0.3, 0.4) is 0 Å². The molecular weight excluding hydrogens is 447 g/mol. The van der Waals surface area contributed by atoms with Crippen LogP contribution in [0.15, 0.2) is 41.4 Å². The monoisotopic (exact) mass is 471 g/mol. The summed E-state index contributed by atoms with van der Waals surface area (Å²) in [5, 5.41) is 9.07. The van der Waals surface area contributed by atoms with Gasteiger partial charge in [0.15, 0.2) is 0 Å². The Kier molecular flexibility index (Phi) is 6.52. The summed E-state index contributed by atoms with van der Waals surface area (Å²) < 4.78 is 66.3. The van der Waals surface area contributed by atoms with Gasteiger partial charge in [0, 0.05) is 31.4 Å². The molecule has 1 saturated heterocycles. The maximum absolute atomic E-state index is 13.2. The number of carboxylic acids is 1. The first-order valence-electron chi connectivity index (χ1n) is 9.93. The van der Waals surface area contributed by atoms with Crippen molar-refractivity contribution in [1.29, 1.82) is 0 Å². The molecule has 0 bridgehead atoms. The van der Waals surface area contributed by atoms with Gasteiger partial charge in [-0.05, 0) is 56.2 Å². The molecule has 0 unspecified atom stereocenters. The molecule has 2 aromatic rings. The van der Waals surface area contributed by atoms with Crippen molar-refractivity contribution in [2.24, 2.45) is 0 Å². The van der Waals surface area contributed by atoms with Crippen molar-refractivity contribution in [3.05, 3.63) is 53.2 Å². The lowest BCUT2D eigenvalue weighted by Gasteiger charge is -2.44. The summed E-state index contributed by atoms with van der Waals surface area (Å²) in [7, 11) is -3.89. The third kappa shape index (κ3) is 4.88. The van der Waals surface area contributed by atoms with Crippen LogP contribution in [0, 0.1) is 6.92 Å². The third-order valence-corrected chi connectivity index (χ3v) is 7.35. The van der Waals surface area contributed by atoms with E-state index in [0.717, 1.165) is 12.3 Å². The van der Waals surface area contributed by atoms with Gasteiger partial charge in [-0.15, -0.1) is 0 Å². The standard InChI is InChI=1S/C21H24F3N3O4S/c1-13-4-6-18(8-16(13)9-20(28)29)32(30,31)26-11-14(2)27(15(3)12-26)19-7-5-17(10-25-19)21(22,23)24/h4-8,10,14-15H,9,11-12H2,1-3H3,(H,28,29)/t14-,15+. The Morgan fingerprint density at radius 1 is 1.16 bits per heavy atom. The topological polar surface area (TPSA) is 90.8 Å². The number of sulfonamides is 1. The molecule has 2 heterocycles. The van der Waals surface area contributed by atoms with Crippen molar-refractivity contribution in [3.8, 4) is 0 Å². The van der Waals surface area contributed by atoms with E-state index in [4.69, 9.17) is 5.11 Å². The molecule has 3 rings (SSSR count). The van der Waals surface area contributed by atoms with Crippen molar-refractivity contribution in [2.45, 2.75) is 50.3 Å². The summed E-state index contributed by atoms with van der Waals surface area (Å²) in [6.07, 6.45) is -3.99. The lowest BCUT2D eigenvalue weighted by Crippen LogP contribution is -2.58. The first-order valence-corrected chi connectivity index (χ1v) is 11.4. The number of hydrogen-bond donors (Lipinski definition) is 1. The van der Waals surface area contributed by atoms with Crippen LogP contribution >= 0.6 is 0 Å². The van der Waals surface area contributed by atoms with E-state index in [1.54, 1.807) is 31.7 Å². The van der Waals surface area contributed by atoms with E-state index in [9.17, 15) is 26.4 Å². The highest BCUT2D eigenvalue weighted by atomic mass is 32.2. The number of halogens is 3. The molecule has 0 spiro atoms. The normalized spacial score (nSPS) is 20.4. The fourth-order valence-corrected chi connectivity index (χ4v) is 5.59. The largest absolute Gasteiger partial charge is 0.481 e. The highest BCUT2D eigenvalue weighted by Crippen LogP contribution is 2.31. The van der Waals surface area contributed by atoms with E-state index >= 15 is 0 Å². The molecule has 1 N–H and O–H groups in total. The zero-order chi connectivity index (χ0) is 23.8. The number of aliphatic carboxylic acids is 1. The number of alkyl halides is 3. The van der Waals surface area contributed by atoms with Crippen LogP contribution in [-0.2, 0) is 27.4 Å². The molecule has 1 aromatic carbocycles. The summed E-state index contributed by atoms with van der Waals surface area (Å²) in [5.41, 5.74) is 0.262. The summed E-state index contributed by atoms with van der Waals surface area (Å²) in [6, 6.07) is 5.98. The Bertz CT molecular complexity index is 1090. The van der Waals surface area contributed by atoms with Crippen LogP contribution in [0.25, 0.3) is 0 Å². The van der Waals surface area contributed by atoms with Crippen molar-refractivity contribution in [2.75, 3.05) is 18.0 Å². The van der Waals surface area contributed by atoms with Crippen LogP contribution in [-0.4, -0.2) is 54.0 Å². The van der Waals surface area contributed by atoms with Crippen LogP contribution < -0.4 is 4.90 Å². The summed E-state index contributed by atoms with van der Waals surface area (Å²) in [4.78, 5) is 16.8. The molecule has 11 heteroatoms. The molecule has 0 radical (unpaired) electrons. The minimum absolute atomic E-state index is 0.0138. The van der Waals surface area contributed by atoms with Gasteiger partial charge in [-0.25, -0.2) is 13.4 Å². The smallest absolute Gasteiger partial charge is 0.417 e. The fraction of sp³-hybridized carbons (Fsp3) is 0.429. The molecule has 7 nitrogen and oxygen atoms in total. The SMILES string of the molecule is Cc1ccc(S(=O)(=O)N2C[C@@H](C)N(c3ccc(C(F)(F)F)cn3)[C@@H](C)C2)cc1CC(=O)O. The number of nitrogens with zero attached hydrogens (tertiary/aromatic N) is 3. The van der Waals surface area contributed by atoms with Gasteiger partial charge in [-0.1, -0.05) is 6.07 Å². The minimum Gasteiger partial charge on any atom is -0.481 e. The lowest BCUT2D eigenvalue weighted by molar-refractivity contribution is -0.138. The van der Waals surface area contributed by atoms with Gasteiger partial charge in [0.25, 0.3) is 0 Å². The molecule has 1 fully saturated rings. The second-order valence-electron chi connectivity index (χ2n) is 7.99. The number of carbonyl (C=O) groups is 1. The molecule has 0 amide bonds. The van der Waals surface area contributed by atoms with E-state index in [-0.39, 0.29) is 36.5 Å². The highest BCUT2D eigenvalue weighted by molar-refractivity contribution is 7.89. The first kappa shape index (κ1) is 24.0. The van der Waals surface area contributed by atoms with Crippen LogP contribution in [0.1, 0.15) is 30.5 Å². The summed E-state index contributed by atoms with van der Waals surface area (Å²) >= 11 is 0. The number of piperazine rings is 1. The number of pyridine rings is 1. The quantitative estimate of drug-likeness (QED) is 0.720. The van der Waals surface area contributed by atoms with Gasteiger partial charge >= 0.3 is 12.1 Å². The molecular formula is C21H24F3N3O4S. The van der Waals surface area contributed by atoms with Crippen molar-refractivity contribution in [3.63, 3.8) is 0 Å². The van der Waals surface area contributed by atoms with Crippen molar-refractivity contribution >= 4 is 21.8 Å². The maximum Gasteiger partial charge on any atom is 0.417 e. The van der Waals surface area contributed by atoms with Gasteiger partial charge in [0.1, 0.15) is 5.82 Å². The van der Waals surface area contributed by atoms with Crippen molar-refractivity contribution in [1.82, 2.24) is 9.29 Å². The average molecular weight is 472 g/mol. The van der Waals surface area contributed by atoms with Crippen LogP contribution in [0.5, 0.6) is 0 Å². The van der Waals surface area contributed by atoms with Crippen LogP contribution in [0.2, 0.25) is 0 Å². The molecule has 0 saturated carbocycles. The van der Waals surface area contributed by atoms with E-state index in [2.05, 4.69) is 4.98 Å². The lowest BCUT2D eigenvalue weighted by atomic mass is 10.1. The summed E-state index contributed by atoms with van der Waals surface area (Å²) in [5.74, 6) is -0.711. The summed E-state index contributed by atoms with van der Waals surface area (Å²) in [6.45, 7) is 5.49. The predicted octanol–water partition coefficient (Wildman–Crippen LogP) is 3.32. The number of rotatable bonds is 5. The average Bonchev–Trinajstić information content (AvgIpc) is 2.68. The number of anilines is 1. The van der Waals surface area contributed by atoms with E-state index in [1.807, 2.05) is 0 Å².